The Labute approximate surface area is 150 Å². The SMILES string of the molecule is CNC(=O)[C@@H](CC(C)C)NC(=O)CSCc1nc2ccccc2s1. The molecule has 5 nitrogen and oxygen atoms in total. The molecule has 0 bridgehead atoms. The average Bonchev–Trinajstić information content (AvgIpc) is 2.95. The van der Waals surface area contributed by atoms with Gasteiger partial charge in [-0.3, -0.25) is 9.59 Å². The Balaban J connectivity index is 1.82. The molecule has 0 spiro atoms. The van der Waals surface area contributed by atoms with E-state index in [0.29, 0.717) is 23.8 Å². The predicted molar refractivity (Wildman–Crippen MR) is 101 cm³/mol. The molecule has 0 aliphatic carbocycles. The molecule has 0 radical (unpaired) electrons. The van der Waals surface area contributed by atoms with Gasteiger partial charge < -0.3 is 10.6 Å². The number of hydrogen-bond donors (Lipinski definition) is 2. The second-order valence-electron chi connectivity index (χ2n) is 5.93. The van der Waals surface area contributed by atoms with Crippen LogP contribution in [0.5, 0.6) is 0 Å². The molecule has 1 heterocycles. The molecule has 2 rings (SSSR count). The molecule has 0 aliphatic heterocycles. The molecule has 7 heteroatoms. The summed E-state index contributed by atoms with van der Waals surface area (Å²) in [6, 6.07) is 7.55. The number of aromatic nitrogens is 1. The van der Waals surface area contributed by atoms with Crippen LogP contribution in [0.1, 0.15) is 25.3 Å². The van der Waals surface area contributed by atoms with Crippen LogP contribution in [0.3, 0.4) is 0 Å². The maximum absolute atomic E-state index is 12.1. The van der Waals surface area contributed by atoms with Crippen LogP contribution in [0.2, 0.25) is 0 Å². The van der Waals surface area contributed by atoms with Gasteiger partial charge in [-0.05, 0) is 24.5 Å². The molecule has 2 N–H and O–H groups in total. The van der Waals surface area contributed by atoms with Crippen molar-refractivity contribution in [3.8, 4) is 0 Å². The van der Waals surface area contributed by atoms with Crippen LogP contribution >= 0.6 is 23.1 Å². The van der Waals surface area contributed by atoms with Gasteiger partial charge >= 0.3 is 0 Å². The largest absolute Gasteiger partial charge is 0.357 e. The lowest BCUT2D eigenvalue weighted by molar-refractivity contribution is -0.127. The van der Waals surface area contributed by atoms with Gasteiger partial charge in [-0.15, -0.1) is 23.1 Å². The minimum absolute atomic E-state index is 0.115. The molecule has 0 fully saturated rings. The molecular formula is C17H23N3O2S2. The molecule has 1 atom stereocenters. The lowest BCUT2D eigenvalue weighted by atomic mass is 10.0. The van der Waals surface area contributed by atoms with Crippen molar-refractivity contribution >= 4 is 45.1 Å². The van der Waals surface area contributed by atoms with Gasteiger partial charge in [0.2, 0.25) is 11.8 Å². The number of fused-ring (bicyclic) bond motifs is 1. The summed E-state index contributed by atoms with van der Waals surface area (Å²) >= 11 is 3.17. The molecule has 0 aliphatic rings. The highest BCUT2D eigenvalue weighted by molar-refractivity contribution is 7.99. The van der Waals surface area contributed by atoms with E-state index in [0.717, 1.165) is 15.2 Å². The fourth-order valence-electron chi connectivity index (χ4n) is 2.33. The van der Waals surface area contributed by atoms with Crippen LogP contribution in [0.25, 0.3) is 10.2 Å². The Hall–Kier alpha value is -1.60. The number of amides is 2. The van der Waals surface area contributed by atoms with Crippen LogP contribution in [-0.4, -0.2) is 35.6 Å². The summed E-state index contributed by atoms with van der Waals surface area (Å²) in [5.41, 5.74) is 0.999. The lowest BCUT2D eigenvalue weighted by Crippen LogP contribution is -2.47. The fourth-order valence-corrected chi connectivity index (χ4v) is 4.18. The second-order valence-corrected chi connectivity index (χ2v) is 8.03. The van der Waals surface area contributed by atoms with Crippen LogP contribution in [0.15, 0.2) is 24.3 Å². The van der Waals surface area contributed by atoms with Gasteiger partial charge in [0, 0.05) is 12.8 Å². The molecule has 130 valence electrons. The van der Waals surface area contributed by atoms with E-state index in [9.17, 15) is 9.59 Å². The first kappa shape index (κ1) is 18.7. The number of likely N-dealkylation sites (N-methyl/N-ethyl adjacent to an activating group) is 1. The van der Waals surface area contributed by atoms with E-state index in [2.05, 4.69) is 15.6 Å². The van der Waals surface area contributed by atoms with Gasteiger partial charge in [0.05, 0.1) is 16.0 Å². The van der Waals surface area contributed by atoms with Crippen molar-refractivity contribution < 1.29 is 9.59 Å². The Morgan fingerprint density at radius 2 is 2.04 bits per heavy atom. The smallest absolute Gasteiger partial charge is 0.242 e. The summed E-state index contributed by atoms with van der Waals surface area (Å²) in [4.78, 5) is 28.5. The zero-order chi connectivity index (χ0) is 17.5. The third kappa shape index (κ3) is 5.49. The predicted octanol–water partition coefficient (Wildman–Crippen LogP) is 2.81. The number of nitrogens with one attached hydrogen (secondary N) is 2. The third-order valence-electron chi connectivity index (χ3n) is 3.40. The molecule has 2 aromatic rings. The summed E-state index contributed by atoms with van der Waals surface area (Å²) in [6.07, 6.45) is 0.633. The number of para-hydroxylation sites is 1. The summed E-state index contributed by atoms with van der Waals surface area (Å²) in [7, 11) is 1.59. The van der Waals surface area contributed by atoms with Gasteiger partial charge in [0.15, 0.2) is 0 Å². The lowest BCUT2D eigenvalue weighted by Gasteiger charge is -2.18. The van der Waals surface area contributed by atoms with Gasteiger partial charge in [0.1, 0.15) is 11.0 Å². The van der Waals surface area contributed by atoms with E-state index in [-0.39, 0.29) is 11.8 Å². The number of benzene rings is 1. The van der Waals surface area contributed by atoms with E-state index < -0.39 is 6.04 Å². The number of carbonyl (C=O) groups is 2. The quantitative estimate of drug-likeness (QED) is 0.755. The zero-order valence-electron chi connectivity index (χ0n) is 14.2. The summed E-state index contributed by atoms with van der Waals surface area (Å²) < 4.78 is 1.16. The van der Waals surface area contributed by atoms with Crippen molar-refractivity contribution in [3.63, 3.8) is 0 Å². The first-order chi connectivity index (χ1) is 11.5. The van der Waals surface area contributed by atoms with Gasteiger partial charge in [-0.25, -0.2) is 4.98 Å². The van der Waals surface area contributed by atoms with Crippen molar-refractivity contribution in [1.82, 2.24) is 15.6 Å². The number of rotatable bonds is 8. The van der Waals surface area contributed by atoms with E-state index in [1.807, 2.05) is 38.1 Å². The van der Waals surface area contributed by atoms with Crippen LogP contribution in [0.4, 0.5) is 0 Å². The Bertz CT molecular complexity index is 667. The Morgan fingerprint density at radius 1 is 1.29 bits per heavy atom. The maximum Gasteiger partial charge on any atom is 0.242 e. The van der Waals surface area contributed by atoms with Crippen LogP contribution in [0, 0.1) is 5.92 Å². The van der Waals surface area contributed by atoms with E-state index >= 15 is 0 Å². The summed E-state index contributed by atoms with van der Waals surface area (Å²) in [5, 5.41) is 6.44. The van der Waals surface area contributed by atoms with E-state index in [4.69, 9.17) is 0 Å². The monoisotopic (exact) mass is 365 g/mol. The highest BCUT2D eigenvalue weighted by Gasteiger charge is 2.20. The van der Waals surface area contributed by atoms with E-state index in [1.165, 1.54) is 11.8 Å². The fraction of sp³-hybridized carbons (Fsp3) is 0.471. The molecule has 0 saturated carbocycles. The normalized spacial score (nSPS) is 12.3. The zero-order valence-corrected chi connectivity index (χ0v) is 15.8. The van der Waals surface area contributed by atoms with Crippen molar-refractivity contribution in [2.24, 2.45) is 5.92 Å². The first-order valence-electron chi connectivity index (χ1n) is 7.92. The standard InChI is InChI=1S/C17H23N3O2S2/c1-11(2)8-13(17(22)18-3)19-15(21)9-23-10-16-20-12-6-4-5-7-14(12)24-16/h4-7,11,13H,8-10H2,1-3H3,(H,18,22)(H,19,21)/t13-/m1/s1. The van der Waals surface area contributed by atoms with Crippen LogP contribution in [-0.2, 0) is 15.3 Å². The van der Waals surface area contributed by atoms with E-state index in [1.54, 1.807) is 18.4 Å². The molecule has 1 aromatic heterocycles. The number of hydrogen-bond acceptors (Lipinski definition) is 5. The minimum Gasteiger partial charge on any atom is -0.357 e. The van der Waals surface area contributed by atoms with Crippen molar-refractivity contribution in [1.29, 1.82) is 0 Å². The topological polar surface area (TPSA) is 71.1 Å². The number of carbonyl (C=O) groups excluding carboxylic acids is 2. The molecule has 0 saturated heterocycles. The molecule has 24 heavy (non-hydrogen) atoms. The number of thioether (sulfide) groups is 1. The van der Waals surface area contributed by atoms with Crippen molar-refractivity contribution in [2.75, 3.05) is 12.8 Å². The number of nitrogens with zero attached hydrogens (tertiary/aromatic N) is 1. The minimum atomic E-state index is -0.467. The third-order valence-corrected chi connectivity index (χ3v) is 5.57. The maximum atomic E-state index is 12.1. The average molecular weight is 366 g/mol. The van der Waals surface area contributed by atoms with Gasteiger partial charge in [0.25, 0.3) is 0 Å². The van der Waals surface area contributed by atoms with Gasteiger partial charge in [-0.1, -0.05) is 26.0 Å². The Kier molecular flexibility index (Phi) is 7.05. The summed E-state index contributed by atoms with van der Waals surface area (Å²) in [5.74, 6) is 1.09. The summed E-state index contributed by atoms with van der Waals surface area (Å²) in [6.45, 7) is 4.06. The van der Waals surface area contributed by atoms with Gasteiger partial charge in [-0.2, -0.15) is 0 Å². The molecule has 2 amide bonds. The molecular weight excluding hydrogens is 342 g/mol. The van der Waals surface area contributed by atoms with Crippen LogP contribution < -0.4 is 10.6 Å². The first-order valence-corrected chi connectivity index (χ1v) is 9.90. The number of thiazole rings is 1. The second kappa shape index (κ2) is 9.03. The molecule has 1 aromatic carbocycles. The van der Waals surface area contributed by atoms with Crippen molar-refractivity contribution in [2.45, 2.75) is 32.1 Å². The van der Waals surface area contributed by atoms with Crippen molar-refractivity contribution in [3.05, 3.63) is 29.3 Å². The highest BCUT2D eigenvalue weighted by atomic mass is 32.2. The molecule has 0 unspecified atom stereocenters. The highest BCUT2D eigenvalue weighted by Crippen LogP contribution is 2.24. The Morgan fingerprint density at radius 3 is 2.71 bits per heavy atom.